The van der Waals surface area contributed by atoms with Crippen molar-refractivity contribution in [2.24, 2.45) is 0 Å². The summed E-state index contributed by atoms with van der Waals surface area (Å²) in [7, 11) is 0. The lowest BCUT2D eigenvalue weighted by Crippen LogP contribution is -2.06. The molecule has 0 aliphatic carbocycles. The second-order valence-corrected chi connectivity index (χ2v) is 7.20. The number of hydrogen-bond donors (Lipinski definition) is 0. The van der Waals surface area contributed by atoms with Crippen molar-refractivity contribution in [1.29, 1.82) is 0 Å². The molecule has 3 aromatic rings. The summed E-state index contributed by atoms with van der Waals surface area (Å²) in [6, 6.07) is 1.97. The molecule has 0 N–H and O–H groups in total. The van der Waals surface area contributed by atoms with Crippen LogP contribution in [0.5, 0.6) is 0 Å². The van der Waals surface area contributed by atoms with Crippen LogP contribution in [0.25, 0.3) is 5.78 Å². The lowest BCUT2D eigenvalue weighted by Gasteiger charge is -2.05. The van der Waals surface area contributed by atoms with Gasteiger partial charge in [-0.15, -0.1) is 5.10 Å². The van der Waals surface area contributed by atoms with Crippen LogP contribution in [0.4, 0.5) is 0 Å². The normalized spacial score (nSPS) is 11.4. The molecule has 3 rings (SSSR count). The highest BCUT2D eigenvalue weighted by atomic mass is 32.2. The Hall–Kier alpha value is -2.15. The van der Waals surface area contributed by atoms with Gasteiger partial charge in [-0.2, -0.15) is 4.98 Å². The van der Waals surface area contributed by atoms with Gasteiger partial charge in [0.05, 0.1) is 5.75 Å². The smallest absolute Gasteiger partial charge is 0.253 e. The van der Waals surface area contributed by atoms with Crippen LogP contribution in [-0.2, 0) is 6.54 Å². The monoisotopic (exact) mass is 357 g/mol. The molecule has 3 heterocycles. The van der Waals surface area contributed by atoms with Gasteiger partial charge in [-0.05, 0) is 53.2 Å². The van der Waals surface area contributed by atoms with Crippen molar-refractivity contribution >= 4 is 23.3 Å². The van der Waals surface area contributed by atoms with Gasteiger partial charge in [0.1, 0.15) is 0 Å². The van der Waals surface area contributed by atoms with Crippen LogP contribution in [0.3, 0.4) is 0 Å². The number of fused-ring (bicyclic) bond motifs is 1. The van der Waals surface area contributed by atoms with Gasteiger partial charge in [0, 0.05) is 34.9 Å². The summed E-state index contributed by atoms with van der Waals surface area (Å²) in [5, 5.41) is 5.07. The van der Waals surface area contributed by atoms with E-state index in [9.17, 15) is 4.79 Å². The maximum Gasteiger partial charge on any atom is 0.253 e. The fraction of sp³-hybridized carbons (Fsp3) is 0.444. The Morgan fingerprint density at radius 3 is 2.48 bits per heavy atom. The lowest BCUT2D eigenvalue weighted by atomic mass is 10.2. The van der Waals surface area contributed by atoms with E-state index in [1.165, 1.54) is 11.8 Å². The number of nitrogens with zero attached hydrogens (tertiary/aromatic N) is 5. The molecule has 7 heteroatoms. The Morgan fingerprint density at radius 2 is 1.84 bits per heavy atom. The van der Waals surface area contributed by atoms with Crippen LogP contribution in [0.1, 0.15) is 45.6 Å². The number of hydrogen-bond acceptors (Lipinski definition) is 5. The highest BCUT2D eigenvalue weighted by molar-refractivity contribution is 7.99. The van der Waals surface area contributed by atoms with Crippen LogP contribution >= 0.6 is 11.8 Å². The summed E-state index contributed by atoms with van der Waals surface area (Å²) < 4.78 is 3.90. The van der Waals surface area contributed by atoms with Gasteiger partial charge in [0.2, 0.25) is 5.16 Å². The first kappa shape index (κ1) is 17.7. The summed E-state index contributed by atoms with van der Waals surface area (Å²) in [6.45, 7) is 13.0. The van der Waals surface area contributed by atoms with E-state index in [4.69, 9.17) is 0 Å². The Bertz CT molecular complexity index is 970. The average Bonchev–Trinajstić information content (AvgIpc) is 3.11. The number of aryl methyl sites for hydroxylation is 3. The molecule has 0 atom stereocenters. The van der Waals surface area contributed by atoms with E-state index in [-0.39, 0.29) is 5.78 Å². The summed E-state index contributed by atoms with van der Waals surface area (Å²) in [4.78, 5) is 21.5. The van der Waals surface area contributed by atoms with E-state index in [2.05, 4.69) is 26.6 Å². The first-order chi connectivity index (χ1) is 11.8. The topological polar surface area (TPSA) is 65.1 Å². The van der Waals surface area contributed by atoms with Gasteiger partial charge >= 0.3 is 0 Å². The molecule has 0 aromatic carbocycles. The average molecular weight is 357 g/mol. The zero-order valence-electron chi connectivity index (χ0n) is 15.5. The molecule has 0 bridgehead atoms. The number of thioether (sulfide) groups is 1. The number of rotatable bonds is 5. The Morgan fingerprint density at radius 1 is 1.12 bits per heavy atom. The SMILES string of the molecule is CCn1c(C)cc(C(=O)CSc2nc3nc(C)c(C)c(C)n3n2)c1C. The van der Waals surface area contributed by atoms with E-state index in [0.717, 1.165) is 40.4 Å². The predicted octanol–water partition coefficient (Wildman–Crippen LogP) is 3.46. The molecule has 25 heavy (non-hydrogen) atoms. The maximum atomic E-state index is 12.6. The summed E-state index contributed by atoms with van der Waals surface area (Å²) >= 11 is 1.36. The molecular formula is C18H23N5OS. The molecule has 0 fully saturated rings. The van der Waals surface area contributed by atoms with Crippen LogP contribution in [0, 0.1) is 34.6 Å². The quantitative estimate of drug-likeness (QED) is 0.517. The van der Waals surface area contributed by atoms with E-state index >= 15 is 0 Å². The number of Topliss-reactive ketones (excluding diaryl/α,β-unsaturated/α-hetero) is 1. The third-order valence-electron chi connectivity index (χ3n) is 4.76. The van der Waals surface area contributed by atoms with Crippen molar-refractivity contribution in [2.75, 3.05) is 5.75 Å². The van der Waals surface area contributed by atoms with Crippen LogP contribution in [0.15, 0.2) is 11.2 Å². The highest BCUT2D eigenvalue weighted by Crippen LogP contribution is 2.21. The number of ketones is 1. The van der Waals surface area contributed by atoms with E-state index in [1.807, 2.05) is 40.7 Å². The first-order valence-corrected chi connectivity index (χ1v) is 9.35. The van der Waals surface area contributed by atoms with Gasteiger partial charge < -0.3 is 4.57 Å². The van der Waals surface area contributed by atoms with Crippen molar-refractivity contribution in [3.8, 4) is 0 Å². The lowest BCUT2D eigenvalue weighted by molar-refractivity contribution is 0.102. The second kappa shape index (κ2) is 6.63. The second-order valence-electron chi connectivity index (χ2n) is 6.25. The number of carbonyl (C=O) groups excluding carboxylic acids is 1. The summed E-state index contributed by atoms with van der Waals surface area (Å²) in [5.74, 6) is 1.01. The van der Waals surface area contributed by atoms with Crippen LogP contribution in [0.2, 0.25) is 0 Å². The minimum Gasteiger partial charge on any atom is -0.349 e. The van der Waals surface area contributed by atoms with Gasteiger partial charge in [-0.3, -0.25) is 4.79 Å². The third kappa shape index (κ3) is 3.08. The van der Waals surface area contributed by atoms with Crippen molar-refractivity contribution in [3.63, 3.8) is 0 Å². The Balaban J connectivity index is 1.81. The van der Waals surface area contributed by atoms with Gasteiger partial charge in [-0.25, -0.2) is 9.50 Å². The molecular weight excluding hydrogens is 334 g/mol. The first-order valence-electron chi connectivity index (χ1n) is 8.36. The Kier molecular flexibility index (Phi) is 4.69. The molecule has 0 aliphatic heterocycles. The molecule has 132 valence electrons. The molecule has 6 nitrogen and oxygen atoms in total. The zero-order chi connectivity index (χ0) is 18.3. The molecule has 0 saturated heterocycles. The fourth-order valence-corrected chi connectivity index (χ4v) is 3.78. The minimum atomic E-state index is 0.105. The molecule has 3 aromatic heterocycles. The molecule has 0 saturated carbocycles. The fourth-order valence-electron chi connectivity index (χ4n) is 3.08. The maximum absolute atomic E-state index is 12.6. The highest BCUT2D eigenvalue weighted by Gasteiger charge is 2.17. The predicted molar refractivity (Wildman–Crippen MR) is 99.6 cm³/mol. The summed E-state index contributed by atoms with van der Waals surface area (Å²) in [5.41, 5.74) is 6.02. The van der Waals surface area contributed by atoms with Crippen molar-refractivity contribution in [3.05, 3.63) is 40.0 Å². The van der Waals surface area contributed by atoms with Crippen molar-refractivity contribution in [1.82, 2.24) is 24.1 Å². The largest absolute Gasteiger partial charge is 0.349 e. The van der Waals surface area contributed by atoms with Gasteiger partial charge in [0.25, 0.3) is 5.78 Å². The van der Waals surface area contributed by atoms with Crippen LogP contribution in [-0.4, -0.2) is 35.7 Å². The van der Waals surface area contributed by atoms with E-state index in [1.54, 1.807) is 4.52 Å². The number of aromatic nitrogens is 5. The summed E-state index contributed by atoms with van der Waals surface area (Å²) in [6.07, 6.45) is 0. The zero-order valence-corrected chi connectivity index (χ0v) is 16.4. The van der Waals surface area contributed by atoms with Crippen LogP contribution < -0.4 is 0 Å². The van der Waals surface area contributed by atoms with Gasteiger partial charge in [-0.1, -0.05) is 11.8 Å². The Labute approximate surface area is 151 Å². The molecule has 0 unspecified atom stereocenters. The number of carbonyl (C=O) groups is 1. The van der Waals surface area contributed by atoms with E-state index in [0.29, 0.717) is 16.7 Å². The van der Waals surface area contributed by atoms with E-state index < -0.39 is 0 Å². The van der Waals surface area contributed by atoms with Crippen molar-refractivity contribution < 1.29 is 4.79 Å². The molecule has 0 spiro atoms. The standard InChI is InChI=1S/C18H23N5OS/c1-7-22-10(2)8-15(14(22)6)16(24)9-25-18-20-17-19-12(4)11(3)13(5)23(17)21-18/h8H,7,9H2,1-6H3. The van der Waals surface area contributed by atoms with Crippen molar-refractivity contribution in [2.45, 2.75) is 53.2 Å². The minimum absolute atomic E-state index is 0.105. The third-order valence-corrected chi connectivity index (χ3v) is 5.60. The molecule has 0 radical (unpaired) electrons. The molecule has 0 aliphatic rings. The van der Waals surface area contributed by atoms with Gasteiger partial charge in [0.15, 0.2) is 5.78 Å². The molecule has 0 amide bonds.